The molecule has 1 aliphatic rings. The molecule has 2 heterocycles. The maximum absolute atomic E-state index is 12.0. The molecule has 7 heteroatoms. The topological polar surface area (TPSA) is 86.8 Å². The molecular weight excluding hydrogens is 348 g/mol. The maximum Gasteiger partial charge on any atom is 0.350 e. The van der Waals surface area contributed by atoms with Gasteiger partial charge in [0.1, 0.15) is 5.75 Å². The first-order chi connectivity index (χ1) is 12.9. The standard InChI is InChI=1S/C20H20N2O5/c1-20(2)26-18(23)15(19(24)27-20)13-22-16-8-3-4-9-17(16)25-12-10-14-7-5-6-11-21-14/h3-9,11,13,22H,10,12H2,1-2H3. The number of para-hydroxylation sites is 2. The highest BCUT2D eigenvalue weighted by Crippen LogP contribution is 2.26. The predicted molar refractivity (Wildman–Crippen MR) is 97.8 cm³/mol. The van der Waals surface area contributed by atoms with E-state index < -0.39 is 17.7 Å². The summed E-state index contributed by atoms with van der Waals surface area (Å²) in [6.07, 6.45) is 3.66. The number of ether oxygens (including phenoxy) is 3. The first kappa shape index (κ1) is 18.4. The van der Waals surface area contributed by atoms with Gasteiger partial charge in [-0.15, -0.1) is 0 Å². The Morgan fingerprint density at radius 2 is 1.78 bits per heavy atom. The van der Waals surface area contributed by atoms with E-state index in [-0.39, 0.29) is 5.57 Å². The van der Waals surface area contributed by atoms with Gasteiger partial charge in [-0.25, -0.2) is 9.59 Å². The number of pyridine rings is 1. The fourth-order valence-electron chi connectivity index (χ4n) is 2.45. The molecule has 0 amide bonds. The number of rotatable bonds is 6. The lowest BCUT2D eigenvalue weighted by Gasteiger charge is -2.29. The summed E-state index contributed by atoms with van der Waals surface area (Å²) < 4.78 is 15.9. The van der Waals surface area contributed by atoms with Crippen molar-refractivity contribution < 1.29 is 23.8 Å². The number of anilines is 1. The average Bonchev–Trinajstić information content (AvgIpc) is 2.62. The Kier molecular flexibility index (Phi) is 5.40. The number of benzene rings is 1. The summed E-state index contributed by atoms with van der Waals surface area (Å²) in [6.45, 7) is 3.43. The van der Waals surface area contributed by atoms with Gasteiger partial charge < -0.3 is 19.5 Å². The first-order valence-electron chi connectivity index (χ1n) is 8.50. The molecule has 1 aliphatic heterocycles. The van der Waals surface area contributed by atoms with Gasteiger partial charge in [-0.2, -0.15) is 0 Å². The molecule has 1 aromatic carbocycles. The van der Waals surface area contributed by atoms with Crippen molar-refractivity contribution in [1.29, 1.82) is 0 Å². The Balaban J connectivity index is 1.65. The fourth-order valence-corrected chi connectivity index (χ4v) is 2.45. The second-order valence-electron chi connectivity index (χ2n) is 6.30. The van der Waals surface area contributed by atoms with Crippen LogP contribution in [0.1, 0.15) is 19.5 Å². The summed E-state index contributed by atoms with van der Waals surface area (Å²) in [5, 5.41) is 2.92. The van der Waals surface area contributed by atoms with Crippen molar-refractivity contribution in [1.82, 2.24) is 4.98 Å². The molecule has 0 aliphatic carbocycles. The number of cyclic esters (lactones) is 2. The van der Waals surface area contributed by atoms with Crippen LogP contribution < -0.4 is 10.1 Å². The van der Waals surface area contributed by atoms with Gasteiger partial charge in [-0.05, 0) is 24.3 Å². The van der Waals surface area contributed by atoms with E-state index in [2.05, 4.69) is 10.3 Å². The van der Waals surface area contributed by atoms with Crippen molar-refractivity contribution >= 4 is 17.6 Å². The molecule has 0 atom stereocenters. The van der Waals surface area contributed by atoms with Crippen LogP contribution in [0.2, 0.25) is 0 Å². The molecule has 3 rings (SSSR count). The molecule has 0 radical (unpaired) electrons. The van der Waals surface area contributed by atoms with Crippen molar-refractivity contribution in [2.75, 3.05) is 11.9 Å². The van der Waals surface area contributed by atoms with Crippen molar-refractivity contribution in [3.8, 4) is 5.75 Å². The Morgan fingerprint density at radius 1 is 1.07 bits per heavy atom. The quantitative estimate of drug-likeness (QED) is 0.477. The van der Waals surface area contributed by atoms with Crippen molar-refractivity contribution in [3.05, 3.63) is 66.1 Å². The van der Waals surface area contributed by atoms with Gasteiger partial charge >= 0.3 is 11.9 Å². The average molecular weight is 368 g/mol. The van der Waals surface area contributed by atoms with Gasteiger partial charge in [0.2, 0.25) is 0 Å². The summed E-state index contributed by atoms with van der Waals surface area (Å²) in [7, 11) is 0. The van der Waals surface area contributed by atoms with Gasteiger partial charge in [0, 0.05) is 38.4 Å². The smallest absolute Gasteiger partial charge is 0.350 e. The van der Waals surface area contributed by atoms with E-state index in [1.807, 2.05) is 30.3 Å². The molecule has 0 saturated carbocycles. The molecule has 7 nitrogen and oxygen atoms in total. The molecule has 1 saturated heterocycles. The number of hydrogen-bond donors (Lipinski definition) is 1. The second-order valence-corrected chi connectivity index (χ2v) is 6.30. The van der Waals surface area contributed by atoms with Crippen LogP contribution in [0.5, 0.6) is 5.75 Å². The van der Waals surface area contributed by atoms with Crippen molar-refractivity contribution in [2.24, 2.45) is 0 Å². The largest absolute Gasteiger partial charge is 0.491 e. The summed E-state index contributed by atoms with van der Waals surface area (Å²) in [5.41, 5.74) is 1.33. The monoisotopic (exact) mass is 368 g/mol. The highest BCUT2D eigenvalue weighted by Gasteiger charge is 2.38. The Labute approximate surface area is 157 Å². The van der Waals surface area contributed by atoms with E-state index >= 15 is 0 Å². The molecule has 1 aromatic heterocycles. The van der Waals surface area contributed by atoms with Crippen LogP contribution in [0.25, 0.3) is 0 Å². The zero-order valence-corrected chi connectivity index (χ0v) is 15.1. The molecular formula is C20H20N2O5. The Bertz CT molecular complexity index is 840. The predicted octanol–water partition coefficient (Wildman–Crippen LogP) is 2.84. The van der Waals surface area contributed by atoms with Crippen LogP contribution in [0.15, 0.2) is 60.4 Å². The SMILES string of the molecule is CC1(C)OC(=O)C(=CNc2ccccc2OCCc2ccccn2)C(=O)O1. The number of aromatic nitrogens is 1. The van der Waals surface area contributed by atoms with Crippen LogP contribution in [-0.4, -0.2) is 29.3 Å². The first-order valence-corrected chi connectivity index (χ1v) is 8.50. The fraction of sp³-hybridized carbons (Fsp3) is 0.250. The molecule has 2 aromatic rings. The molecule has 0 spiro atoms. The Morgan fingerprint density at radius 3 is 2.48 bits per heavy atom. The third-order valence-corrected chi connectivity index (χ3v) is 3.72. The molecule has 0 bridgehead atoms. The van der Waals surface area contributed by atoms with Gasteiger partial charge in [0.25, 0.3) is 5.79 Å². The van der Waals surface area contributed by atoms with E-state index in [1.165, 1.54) is 20.0 Å². The van der Waals surface area contributed by atoms with Crippen molar-refractivity contribution in [2.45, 2.75) is 26.1 Å². The third-order valence-electron chi connectivity index (χ3n) is 3.72. The maximum atomic E-state index is 12.0. The molecule has 0 unspecified atom stereocenters. The van der Waals surface area contributed by atoms with Gasteiger partial charge in [0.15, 0.2) is 5.57 Å². The number of esters is 2. The summed E-state index contributed by atoms with van der Waals surface area (Å²) in [4.78, 5) is 28.2. The molecule has 27 heavy (non-hydrogen) atoms. The van der Waals surface area contributed by atoms with E-state index in [1.54, 1.807) is 18.3 Å². The second kappa shape index (κ2) is 7.90. The van der Waals surface area contributed by atoms with E-state index in [4.69, 9.17) is 14.2 Å². The normalized spacial score (nSPS) is 15.6. The van der Waals surface area contributed by atoms with Crippen LogP contribution in [-0.2, 0) is 25.5 Å². The molecule has 140 valence electrons. The number of nitrogens with zero attached hydrogens (tertiary/aromatic N) is 1. The number of hydrogen-bond acceptors (Lipinski definition) is 7. The zero-order chi connectivity index (χ0) is 19.3. The lowest BCUT2D eigenvalue weighted by molar-refractivity contribution is -0.222. The lowest BCUT2D eigenvalue weighted by atomic mass is 10.2. The van der Waals surface area contributed by atoms with E-state index in [9.17, 15) is 9.59 Å². The van der Waals surface area contributed by atoms with Crippen molar-refractivity contribution in [3.63, 3.8) is 0 Å². The molecule has 1 fully saturated rings. The lowest BCUT2D eigenvalue weighted by Crippen LogP contribution is -2.42. The minimum absolute atomic E-state index is 0.211. The third kappa shape index (κ3) is 4.84. The molecule has 1 N–H and O–H groups in total. The Hall–Kier alpha value is -3.35. The number of carbonyl (C=O) groups is 2. The minimum atomic E-state index is -1.27. The number of carbonyl (C=O) groups excluding carboxylic acids is 2. The summed E-state index contributed by atoms with van der Waals surface area (Å²) >= 11 is 0. The number of nitrogens with one attached hydrogen (secondary N) is 1. The van der Waals surface area contributed by atoms with Crippen LogP contribution in [0.3, 0.4) is 0 Å². The summed E-state index contributed by atoms with van der Waals surface area (Å²) in [5.74, 6) is -2.16. The van der Waals surface area contributed by atoms with Crippen LogP contribution in [0.4, 0.5) is 5.69 Å². The highest BCUT2D eigenvalue weighted by molar-refractivity contribution is 6.15. The highest BCUT2D eigenvalue weighted by atomic mass is 16.7. The van der Waals surface area contributed by atoms with E-state index in [0.29, 0.717) is 24.5 Å². The summed E-state index contributed by atoms with van der Waals surface area (Å²) in [6, 6.07) is 12.9. The zero-order valence-electron chi connectivity index (χ0n) is 15.1. The van der Waals surface area contributed by atoms with Gasteiger partial charge in [-0.3, -0.25) is 4.98 Å². The van der Waals surface area contributed by atoms with Gasteiger partial charge in [0.05, 0.1) is 12.3 Å². The van der Waals surface area contributed by atoms with Crippen LogP contribution in [0, 0.1) is 0 Å². The minimum Gasteiger partial charge on any atom is -0.491 e. The van der Waals surface area contributed by atoms with E-state index in [0.717, 1.165) is 5.69 Å². The van der Waals surface area contributed by atoms with Crippen LogP contribution >= 0.6 is 0 Å². The van der Waals surface area contributed by atoms with Gasteiger partial charge in [-0.1, -0.05) is 18.2 Å².